The molecule has 2 aromatic rings. The number of nitrogens with zero attached hydrogens (tertiary/aromatic N) is 2. The van der Waals surface area contributed by atoms with Crippen LogP contribution in [0.3, 0.4) is 0 Å². The van der Waals surface area contributed by atoms with Crippen LogP contribution in [0.25, 0.3) is 0 Å². The van der Waals surface area contributed by atoms with Gasteiger partial charge in [-0.25, -0.2) is 4.39 Å². The van der Waals surface area contributed by atoms with Crippen molar-refractivity contribution in [3.05, 3.63) is 69.4 Å². The van der Waals surface area contributed by atoms with E-state index in [9.17, 15) is 14.0 Å². The zero-order chi connectivity index (χ0) is 22.5. The minimum atomic E-state index is -0.341. The number of nitrogens with one attached hydrogen (secondary N) is 1. The summed E-state index contributed by atoms with van der Waals surface area (Å²) in [6, 6.07) is 10.3. The summed E-state index contributed by atoms with van der Waals surface area (Å²) < 4.78 is 19.8. The topological polar surface area (TPSA) is 65.6 Å². The van der Waals surface area contributed by atoms with Gasteiger partial charge in [0.15, 0.2) is 0 Å². The molecule has 0 spiro atoms. The van der Waals surface area contributed by atoms with Crippen LogP contribution in [0.2, 0.25) is 0 Å². The summed E-state index contributed by atoms with van der Waals surface area (Å²) in [6.45, 7) is 6.00. The highest BCUT2D eigenvalue weighted by atomic mass is 19.1. The molecule has 3 heterocycles. The number of hydrogen-bond acceptors (Lipinski definition) is 4. The lowest BCUT2D eigenvalue weighted by Crippen LogP contribution is -2.44. The Hall–Kier alpha value is -2.51. The van der Waals surface area contributed by atoms with E-state index >= 15 is 0 Å². The lowest BCUT2D eigenvalue weighted by Gasteiger charge is -2.35. The van der Waals surface area contributed by atoms with Crippen LogP contribution in [0, 0.1) is 18.7 Å². The first kappa shape index (κ1) is 22.7. The fourth-order valence-electron chi connectivity index (χ4n) is 4.69. The number of pyridine rings is 1. The molecule has 2 fully saturated rings. The first-order valence-corrected chi connectivity index (χ1v) is 11.6. The van der Waals surface area contributed by atoms with Gasteiger partial charge in [0.25, 0.3) is 11.5 Å². The minimum absolute atomic E-state index is 0.0321. The smallest absolute Gasteiger partial charge is 0.260 e. The molecule has 2 saturated heterocycles. The Morgan fingerprint density at radius 3 is 2.62 bits per heavy atom. The molecule has 1 aromatic heterocycles. The molecule has 0 bridgehead atoms. The monoisotopic (exact) mass is 441 g/mol. The number of halogens is 1. The third-order valence-electron chi connectivity index (χ3n) is 6.56. The molecule has 7 heteroatoms. The number of likely N-dealkylation sites (tertiary alicyclic amines) is 1. The molecule has 172 valence electrons. The van der Waals surface area contributed by atoms with Gasteiger partial charge in [0.05, 0.1) is 6.10 Å². The van der Waals surface area contributed by atoms with Crippen molar-refractivity contribution in [2.24, 2.45) is 5.92 Å². The van der Waals surface area contributed by atoms with E-state index in [1.54, 1.807) is 25.1 Å². The molecule has 1 aromatic carbocycles. The van der Waals surface area contributed by atoms with Gasteiger partial charge in [0.1, 0.15) is 11.4 Å². The predicted octanol–water partition coefficient (Wildman–Crippen LogP) is 3.36. The van der Waals surface area contributed by atoms with Gasteiger partial charge in [-0.3, -0.25) is 14.5 Å². The summed E-state index contributed by atoms with van der Waals surface area (Å²) in [6.07, 6.45) is 3.85. The van der Waals surface area contributed by atoms with E-state index < -0.39 is 0 Å². The standard InChI is InChI=1S/C25H32FN3O3/c1-18-8-9-22(24(30)27-18)25(31)29(17-21-6-4-14-32-21)15-19-10-12-28(13-11-19)16-20-5-2-3-7-23(20)26/h2-3,5,7-9,19,21H,4,6,10-17H2,1H3,(H,27,30)/t21-/m0/s1. The number of ether oxygens (including phenoxy) is 1. The molecule has 2 aliphatic rings. The number of aromatic amines is 1. The van der Waals surface area contributed by atoms with E-state index in [1.165, 1.54) is 6.07 Å². The number of carbonyl (C=O) groups excluding carboxylic acids is 1. The van der Waals surface area contributed by atoms with E-state index in [0.29, 0.717) is 25.6 Å². The zero-order valence-electron chi connectivity index (χ0n) is 18.7. The summed E-state index contributed by atoms with van der Waals surface area (Å²) in [5.41, 5.74) is 1.30. The van der Waals surface area contributed by atoms with Gasteiger partial charge in [-0.15, -0.1) is 0 Å². The van der Waals surface area contributed by atoms with Gasteiger partial charge in [-0.1, -0.05) is 18.2 Å². The van der Waals surface area contributed by atoms with E-state index in [4.69, 9.17) is 4.74 Å². The lowest BCUT2D eigenvalue weighted by atomic mass is 9.95. The van der Waals surface area contributed by atoms with Crippen molar-refractivity contribution in [3.8, 4) is 0 Å². The molecule has 1 atom stereocenters. The molecule has 0 unspecified atom stereocenters. The van der Waals surface area contributed by atoms with Crippen molar-refractivity contribution >= 4 is 5.91 Å². The first-order valence-electron chi connectivity index (χ1n) is 11.6. The third-order valence-corrected chi connectivity index (χ3v) is 6.56. The second-order valence-corrected chi connectivity index (χ2v) is 9.04. The van der Waals surface area contributed by atoms with Crippen molar-refractivity contribution in [1.82, 2.24) is 14.8 Å². The number of amides is 1. The van der Waals surface area contributed by atoms with Crippen molar-refractivity contribution in [2.45, 2.75) is 45.3 Å². The predicted molar refractivity (Wildman–Crippen MR) is 121 cm³/mol. The maximum atomic E-state index is 14.0. The summed E-state index contributed by atoms with van der Waals surface area (Å²) in [4.78, 5) is 32.5. The third kappa shape index (κ3) is 5.64. The Kier molecular flexibility index (Phi) is 7.37. The molecule has 1 amide bonds. The average molecular weight is 442 g/mol. The molecule has 1 N–H and O–H groups in total. The Balaban J connectivity index is 1.39. The highest BCUT2D eigenvalue weighted by Crippen LogP contribution is 2.23. The molecule has 0 aliphatic carbocycles. The summed E-state index contributed by atoms with van der Waals surface area (Å²) >= 11 is 0. The number of hydrogen-bond donors (Lipinski definition) is 1. The molecule has 0 radical (unpaired) electrons. The van der Waals surface area contributed by atoms with Crippen LogP contribution in [-0.4, -0.2) is 59.6 Å². The van der Waals surface area contributed by atoms with Crippen LogP contribution in [0.1, 0.15) is 47.3 Å². The van der Waals surface area contributed by atoms with Crippen LogP contribution >= 0.6 is 0 Å². The number of aromatic nitrogens is 1. The largest absolute Gasteiger partial charge is 0.376 e. The molecule has 32 heavy (non-hydrogen) atoms. The Morgan fingerprint density at radius 1 is 1.16 bits per heavy atom. The van der Waals surface area contributed by atoms with E-state index in [1.807, 2.05) is 17.0 Å². The van der Waals surface area contributed by atoms with Crippen LogP contribution < -0.4 is 5.56 Å². The van der Waals surface area contributed by atoms with Gasteiger partial charge >= 0.3 is 0 Å². The molecule has 0 saturated carbocycles. The second kappa shape index (κ2) is 10.4. The van der Waals surface area contributed by atoms with Gasteiger partial charge in [0, 0.05) is 37.5 Å². The zero-order valence-corrected chi connectivity index (χ0v) is 18.7. The highest BCUT2D eigenvalue weighted by molar-refractivity contribution is 5.93. The van der Waals surface area contributed by atoms with Gasteiger partial charge < -0.3 is 14.6 Å². The first-order chi connectivity index (χ1) is 15.5. The lowest BCUT2D eigenvalue weighted by molar-refractivity contribution is 0.0443. The fourth-order valence-corrected chi connectivity index (χ4v) is 4.69. The number of carbonyl (C=O) groups is 1. The maximum Gasteiger partial charge on any atom is 0.260 e. The highest BCUT2D eigenvalue weighted by Gasteiger charge is 2.29. The summed E-state index contributed by atoms with van der Waals surface area (Å²) in [5.74, 6) is -0.0384. The summed E-state index contributed by atoms with van der Waals surface area (Å²) in [5, 5.41) is 0. The summed E-state index contributed by atoms with van der Waals surface area (Å²) in [7, 11) is 0. The van der Waals surface area contributed by atoms with Crippen molar-refractivity contribution < 1.29 is 13.9 Å². The molecule has 2 aliphatic heterocycles. The second-order valence-electron chi connectivity index (χ2n) is 9.04. The van der Waals surface area contributed by atoms with Crippen LogP contribution in [-0.2, 0) is 11.3 Å². The molecule has 6 nitrogen and oxygen atoms in total. The Morgan fingerprint density at radius 2 is 1.94 bits per heavy atom. The maximum absolute atomic E-state index is 14.0. The molecular weight excluding hydrogens is 409 g/mol. The van der Waals surface area contributed by atoms with E-state index in [-0.39, 0.29) is 29.0 Å². The Bertz CT molecular complexity index is 978. The van der Waals surface area contributed by atoms with Crippen molar-refractivity contribution in [3.63, 3.8) is 0 Å². The number of piperidine rings is 1. The normalized spacial score (nSPS) is 19.9. The Labute approximate surface area is 188 Å². The number of rotatable bonds is 7. The number of H-pyrrole nitrogens is 1. The van der Waals surface area contributed by atoms with Crippen molar-refractivity contribution in [2.75, 3.05) is 32.8 Å². The number of benzene rings is 1. The molecule has 4 rings (SSSR count). The van der Waals surface area contributed by atoms with Gasteiger partial charge in [-0.2, -0.15) is 0 Å². The average Bonchev–Trinajstić information content (AvgIpc) is 3.29. The SMILES string of the molecule is Cc1ccc(C(=O)N(CC2CCN(Cc3ccccc3F)CC2)C[C@@H]2CCCO2)c(=O)[nH]1. The van der Waals surface area contributed by atoms with Gasteiger partial charge in [-0.05, 0) is 69.8 Å². The number of aryl methyl sites for hydroxylation is 1. The van der Waals surface area contributed by atoms with E-state index in [0.717, 1.165) is 56.6 Å². The van der Waals surface area contributed by atoms with Gasteiger partial charge in [0.2, 0.25) is 0 Å². The van der Waals surface area contributed by atoms with Crippen LogP contribution in [0.15, 0.2) is 41.2 Å². The van der Waals surface area contributed by atoms with Crippen molar-refractivity contribution in [1.29, 1.82) is 0 Å². The fraction of sp³-hybridized carbons (Fsp3) is 0.520. The van der Waals surface area contributed by atoms with Crippen LogP contribution in [0.4, 0.5) is 4.39 Å². The minimum Gasteiger partial charge on any atom is -0.376 e. The van der Waals surface area contributed by atoms with Crippen LogP contribution in [0.5, 0.6) is 0 Å². The molecular formula is C25H32FN3O3. The van der Waals surface area contributed by atoms with E-state index in [2.05, 4.69) is 9.88 Å². The quantitative estimate of drug-likeness (QED) is 0.716.